The summed E-state index contributed by atoms with van der Waals surface area (Å²) in [6, 6.07) is 7.96. The Morgan fingerprint density at radius 3 is 2.29 bits per heavy atom. The molecule has 0 spiro atoms. The van der Waals surface area contributed by atoms with Gasteiger partial charge in [-0.2, -0.15) is 0 Å². The van der Waals surface area contributed by atoms with Gasteiger partial charge in [0.15, 0.2) is 11.5 Å². The number of hydrogen-bond acceptors (Lipinski definition) is 6. The van der Waals surface area contributed by atoms with Crippen molar-refractivity contribution in [3.05, 3.63) is 53.8 Å². The van der Waals surface area contributed by atoms with Crippen LogP contribution >= 0.6 is 0 Å². The molecule has 0 aromatic heterocycles. The predicted molar refractivity (Wildman–Crippen MR) is 107 cm³/mol. The highest BCUT2D eigenvalue weighted by Gasteiger charge is 2.44. The molecule has 10 heteroatoms. The monoisotopic (exact) mass is 429 g/mol. The summed E-state index contributed by atoms with van der Waals surface area (Å²) in [5.41, 5.74) is 2.71. The molecule has 1 aliphatic rings. The van der Waals surface area contributed by atoms with Gasteiger partial charge in [-0.05, 0) is 42.5 Å². The third-order valence-corrected chi connectivity index (χ3v) is 4.73. The maximum atomic E-state index is 13.2. The minimum atomic E-state index is -1.24. The lowest BCUT2D eigenvalue weighted by Crippen LogP contribution is -2.54. The SMILES string of the molecule is COc1ccc(C(=O)NN(C(C)=O)C2CC(=O)N(c3ccc(F)cc3)C2=O)cc1OC. The first kappa shape index (κ1) is 21.8. The summed E-state index contributed by atoms with van der Waals surface area (Å²) in [5.74, 6) is -2.41. The third-order valence-electron chi connectivity index (χ3n) is 4.73. The molecule has 3 rings (SSSR count). The zero-order valence-corrected chi connectivity index (χ0v) is 17.0. The van der Waals surface area contributed by atoms with E-state index in [0.717, 1.165) is 29.0 Å². The normalized spacial score (nSPS) is 15.6. The molecule has 0 radical (unpaired) electrons. The van der Waals surface area contributed by atoms with Crippen molar-refractivity contribution in [3.63, 3.8) is 0 Å². The average Bonchev–Trinajstić information content (AvgIpc) is 3.05. The summed E-state index contributed by atoms with van der Waals surface area (Å²) >= 11 is 0. The van der Waals surface area contributed by atoms with Crippen molar-refractivity contribution in [1.82, 2.24) is 10.4 Å². The number of amides is 4. The van der Waals surface area contributed by atoms with Crippen LogP contribution in [0.5, 0.6) is 11.5 Å². The number of methoxy groups -OCH3 is 2. The van der Waals surface area contributed by atoms with Crippen molar-refractivity contribution in [2.75, 3.05) is 19.1 Å². The van der Waals surface area contributed by atoms with E-state index in [1.807, 2.05) is 0 Å². The fourth-order valence-corrected chi connectivity index (χ4v) is 3.21. The molecule has 0 bridgehead atoms. The average molecular weight is 429 g/mol. The lowest BCUT2D eigenvalue weighted by molar-refractivity contribution is -0.139. The van der Waals surface area contributed by atoms with Crippen molar-refractivity contribution >= 4 is 29.3 Å². The largest absolute Gasteiger partial charge is 0.493 e. The Kier molecular flexibility index (Phi) is 6.19. The van der Waals surface area contributed by atoms with E-state index in [4.69, 9.17) is 9.47 Å². The second kappa shape index (κ2) is 8.82. The van der Waals surface area contributed by atoms with Gasteiger partial charge in [0.05, 0.1) is 26.3 Å². The number of rotatable bonds is 5. The number of halogens is 1. The Labute approximate surface area is 177 Å². The van der Waals surface area contributed by atoms with Gasteiger partial charge in [-0.15, -0.1) is 0 Å². The van der Waals surface area contributed by atoms with Crippen LogP contribution in [0.3, 0.4) is 0 Å². The van der Waals surface area contributed by atoms with Crippen LogP contribution in [-0.4, -0.2) is 48.9 Å². The van der Waals surface area contributed by atoms with Gasteiger partial charge in [0.2, 0.25) is 11.8 Å². The van der Waals surface area contributed by atoms with Crippen LogP contribution in [0.25, 0.3) is 0 Å². The molecule has 1 aliphatic heterocycles. The van der Waals surface area contributed by atoms with Gasteiger partial charge in [0, 0.05) is 12.5 Å². The van der Waals surface area contributed by atoms with E-state index >= 15 is 0 Å². The number of hydrogen-bond donors (Lipinski definition) is 1. The maximum Gasteiger partial charge on any atom is 0.270 e. The Morgan fingerprint density at radius 2 is 1.71 bits per heavy atom. The van der Waals surface area contributed by atoms with Crippen LogP contribution in [0.1, 0.15) is 23.7 Å². The molecule has 162 valence electrons. The molecule has 31 heavy (non-hydrogen) atoms. The minimum Gasteiger partial charge on any atom is -0.493 e. The Balaban J connectivity index is 1.83. The van der Waals surface area contributed by atoms with Gasteiger partial charge in [-0.25, -0.2) is 14.3 Å². The second-order valence-corrected chi connectivity index (χ2v) is 6.66. The van der Waals surface area contributed by atoms with E-state index in [-0.39, 0.29) is 17.7 Å². The fraction of sp³-hybridized carbons (Fsp3) is 0.238. The van der Waals surface area contributed by atoms with Crippen LogP contribution < -0.4 is 19.8 Å². The fourth-order valence-electron chi connectivity index (χ4n) is 3.21. The molecule has 2 aromatic rings. The molecule has 2 aromatic carbocycles. The summed E-state index contributed by atoms with van der Waals surface area (Å²) in [5, 5.41) is 0.822. The summed E-state index contributed by atoms with van der Waals surface area (Å²) in [6.45, 7) is 1.16. The summed E-state index contributed by atoms with van der Waals surface area (Å²) in [4.78, 5) is 51.1. The maximum absolute atomic E-state index is 13.2. The molecular formula is C21H20FN3O6. The highest BCUT2D eigenvalue weighted by atomic mass is 19.1. The van der Waals surface area contributed by atoms with Crippen LogP contribution in [0.4, 0.5) is 10.1 Å². The molecule has 1 unspecified atom stereocenters. The number of carbonyl (C=O) groups excluding carboxylic acids is 4. The highest BCUT2D eigenvalue weighted by molar-refractivity contribution is 6.23. The summed E-state index contributed by atoms with van der Waals surface area (Å²) in [7, 11) is 2.86. The molecule has 1 atom stereocenters. The lowest BCUT2D eigenvalue weighted by Gasteiger charge is -2.26. The number of ether oxygens (including phenoxy) is 2. The number of imide groups is 1. The predicted octanol–water partition coefficient (Wildman–Crippen LogP) is 1.67. The van der Waals surface area contributed by atoms with Gasteiger partial charge in [0.1, 0.15) is 11.9 Å². The van der Waals surface area contributed by atoms with Crippen molar-refractivity contribution in [3.8, 4) is 11.5 Å². The van der Waals surface area contributed by atoms with Gasteiger partial charge in [-0.3, -0.25) is 24.6 Å². The van der Waals surface area contributed by atoms with E-state index in [0.29, 0.717) is 11.5 Å². The first-order valence-corrected chi connectivity index (χ1v) is 9.22. The lowest BCUT2D eigenvalue weighted by atomic mass is 10.2. The van der Waals surface area contributed by atoms with Crippen molar-refractivity contribution in [1.29, 1.82) is 0 Å². The van der Waals surface area contributed by atoms with Gasteiger partial charge in [-0.1, -0.05) is 0 Å². The van der Waals surface area contributed by atoms with Crippen LogP contribution in [0.2, 0.25) is 0 Å². The number of nitrogens with zero attached hydrogens (tertiary/aromatic N) is 2. The van der Waals surface area contributed by atoms with Gasteiger partial charge < -0.3 is 9.47 Å². The molecule has 0 aliphatic carbocycles. The zero-order chi connectivity index (χ0) is 22.7. The van der Waals surface area contributed by atoms with Gasteiger partial charge in [0.25, 0.3) is 11.8 Å². The molecule has 1 saturated heterocycles. The molecular weight excluding hydrogens is 409 g/mol. The minimum absolute atomic E-state index is 0.149. The van der Waals surface area contributed by atoms with Crippen molar-refractivity contribution in [2.24, 2.45) is 0 Å². The number of hydrazine groups is 1. The van der Waals surface area contributed by atoms with E-state index in [9.17, 15) is 23.6 Å². The van der Waals surface area contributed by atoms with Gasteiger partial charge >= 0.3 is 0 Å². The number of carbonyl (C=O) groups is 4. The molecule has 0 saturated carbocycles. The van der Waals surface area contributed by atoms with Crippen molar-refractivity contribution in [2.45, 2.75) is 19.4 Å². The summed E-state index contributed by atoms with van der Waals surface area (Å²) in [6.07, 6.45) is -0.331. The van der Waals surface area contributed by atoms with E-state index < -0.39 is 35.5 Å². The van der Waals surface area contributed by atoms with E-state index in [1.165, 1.54) is 44.6 Å². The van der Waals surface area contributed by atoms with Crippen LogP contribution in [0.15, 0.2) is 42.5 Å². The molecule has 4 amide bonds. The van der Waals surface area contributed by atoms with E-state index in [2.05, 4.69) is 5.43 Å². The smallest absolute Gasteiger partial charge is 0.270 e. The zero-order valence-electron chi connectivity index (χ0n) is 17.0. The third kappa shape index (κ3) is 4.32. The van der Waals surface area contributed by atoms with Crippen LogP contribution in [0, 0.1) is 5.82 Å². The summed E-state index contributed by atoms with van der Waals surface area (Å²) < 4.78 is 23.5. The molecule has 9 nitrogen and oxygen atoms in total. The second-order valence-electron chi connectivity index (χ2n) is 6.66. The Bertz CT molecular complexity index is 1040. The topological polar surface area (TPSA) is 105 Å². The number of nitrogens with one attached hydrogen (secondary N) is 1. The van der Waals surface area contributed by atoms with Crippen LogP contribution in [-0.2, 0) is 14.4 Å². The first-order valence-electron chi connectivity index (χ1n) is 9.22. The first-order chi connectivity index (χ1) is 14.8. The highest BCUT2D eigenvalue weighted by Crippen LogP contribution is 2.28. The molecule has 1 fully saturated rings. The Morgan fingerprint density at radius 1 is 1.06 bits per heavy atom. The molecule has 1 N–H and O–H groups in total. The van der Waals surface area contributed by atoms with E-state index in [1.54, 1.807) is 0 Å². The Hall–Kier alpha value is -3.95. The standard InChI is InChI=1S/C21H20FN3O6/c1-12(26)25(23-20(28)13-4-9-17(30-2)18(10-13)31-3)16-11-19(27)24(21(16)29)15-7-5-14(22)6-8-15/h4-10,16H,11H2,1-3H3,(H,23,28). The molecule has 1 heterocycles. The quantitative estimate of drug-likeness (QED) is 0.573. The number of anilines is 1. The van der Waals surface area contributed by atoms with Crippen molar-refractivity contribution < 1.29 is 33.0 Å². The number of benzene rings is 2.